The highest BCUT2D eigenvalue weighted by Crippen LogP contribution is 2.40. The van der Waals surface area contributed by atoms with E-state index < -0.39 is 0 Å². The lowest BCUT2D eigenvalue weighted by Gasteiger charge is -2.22. The smallest absolute Gasteiger partial charge is 0.266 e. The van der Waals surface area contributed by atoms with Crippen molar-refractivity contribution in [2.75, 3.05) is 31.1 Å². The molecule has 2 unspecified atom stereocenters. The van der Waals surface area contributed by atoms with E-state index in [0.717, 1.165) is 44.2 Å². The summed E-state index contributed by atoms with van der Waals surface area (Å²) < 4.78 is 1.42. The Bertz CT molecular complexity index is 862. The zero-order valence-electron chi connectivity index (χ0n) is 15.1. The van der Waals surface area contributed by atoms with E-state index in [1.165, 1.54) is 23.2 Å². The number of aromatic nitrogens is 4. The van der Waals surface area contributed by atoms with E-state index in [-0.39, 0.29) is 5.56 Å². The average Bonchev–Trinajstić information content (AvgIpc) is 3.31. The summed E-state index contributed by atoms with van der Waals surface area (Å²) in [7, 11) is 1.71. The van der Waals surface area contributed by atoms with Gasteiger partial charge in [-0.1, -0.05) is 0 Å². The molecule has 2 aliphatic heterocycles. The summed E-state index contributed by atoms with van der Waals surface area (Å²) in [5.74, 6) is 3.13. The molecule has 0 bridgehead atoms. The van der Waals surface area contributed by atoms with Crippen LogP contribution in [0, 0.1) is 11.8 Å². The van der Waals surface area contributed by atoms with E-state index in [2.05, 4.69) is 30.9 Å². The maximum Gasteiger partial charge on any atom is 0.266 e. The van der Waals surface area contributed by atoms with Crippen molar-refractivity contribution < 1.29 is 0 Å². The van der Waals surface area contributed by atoms with Gasteiger partial charge in [-0.05, 0) is 30.7 Å². The molecule has 4 heterocycles. The first-order valence-corrected chi connectivity index (χ1v) is 9.48. The van der Waals surface area contributed by atoms with Gasteiger partial charge in [-0.3, -0.25) is 9.69 Å². The molecule has 5 rings (SSSR count). The van der Waals surface area contributed by atoms with Crippen LogP contribution >= 0.6 is 0 Å². The van der Waals surface area contributed by atoms with Crippen LogP contribution in [0.1, 0.15) is 30.1 Å². The molecule has 136 valence electrons. The van der Waals surface area contributed by atoms with Crippen LogP contribution in [0.25, 0.3) is 0 Å². The molecule has 2 aromatic heterocycles. The Balaban J connectivity index is 1.22. The fraction of sp³-hybridized carbons (Fsp3) is 0.579. The highest BCUT2D eigenvalue weighted by Gasteiger charge is 2.40. The van der Waals surface area contributed by atoms with E-state index in [4.69, 9.17) is 0 Å². The monoisotopic (exact) mass is 352 g/mol. The molecule has 7 heteroatoms. The molecule has 7 nitrogen and oxygen atoms in total. The fourth-order valence-corrected chi connectivity index (χ4v) is 4.41. The van der Waals surface area contributed by atoms with E-state index in [1.807, 2.05) is 6.07 Å². The van der Waals surface area contributed by atoms with E-state index in [1.54, 1.807) is 19.4 Å². The Hall–Kier alpha value is -2.28. The summed E-state index contributed by atoms with van der Waals surface area (Å²) in [6.45, 7) is 5.14. The topological polar surface area (TPSA) is 67.2 Å². The maximum atomic E-state index is 11.5. The summed E-state index contributed by atoms with van der Waals surface area (Å²) >= 11 is 0. The predicted molar refractivity (Wildman–Crippen MR) is 98.0 cm³/mol. The summed E-state index contributed by atoms with van der Waals surface area (Å²) in [5.41, 5.74) is 2.13. The molecule has 0 amide bonds. The van der Waals surface area contributed by atoms with Crippen molar-refractivity contribution in [3.05, 3.63) is 46.3 Å². The zero-order valence-corrected chi connectivity index (χ0v) is 15.1. The van der Waals surface area contributed by atoms with Crippen LogP contribution in [-0.2, 0) is 13.6 Å². The van der Waals surface area contributed by atoms with E-state index in [9.17, 15) is 4.79 Å². The standard InChI is InChI=1S/C19H24N6O/c1-23-19(26)5-4-16(22-23)11-24-7-14-9-25(10-15(14)8-24)18-6-17(13-2-3-13)20-12-21-18/h4-6,12-15H,2-3,7-11H2,1H3. The minimum absolute atomic E-state index is 0.0573. The van der Waals surface area contributed by atoms with E-state index in [0.29, 0.717) is 17.8 Å². The normalized spacial score (nSPS) is 25.7. The van der Waals surface area contributed by atoms with Crippen LogP contribution in [0.2, 0.25) is 0 Å². The summed E-state index contributed by atoms with van der Waals surface area (Å²) in [4.78, 5) is 25.3. The van der Waals surface area contributed by atoms with Gasteiger partial charge in [-0.15, -0.1) is 0 Å². The first kappa shape index (κ1) is 15.9. The van der Waals surface area contributed by atoms with Gasteiger partial charge in [-0.2, -0.15) is 5.10 Å². The van der Waals surface area contributed by atoms with Gasteiger partial charge >= 0.3 is 0 Å². The lowest BCUT2D eigenvalue weighted by molar-refractivity contribution is 0.302. The van der Waals surface area contributed by atoms with Crippen molar-refractivity contribution in [1.82, 2.24) is 24.6 Å². The highest BCUT2D eigenvalue weighted by atomic mass is 16.1. The van der Waals surface area contributed by atoms with Crippen molar-refractivity contribution in [1.29, 1.82) is 0 Å². The molecule has 0 aromatic carbocycles. The molecule has 1 saturated carbocycles. The molecule has 2 saturated heterocycles. The fourth-order valence-electron chi connectivity index (χ4n) is 4.41. The molecule has 0 radical (unpaired) electrons. The van der Waals surface area contributed by atoms with Crippen LogP contribution in [0.3, 0.4) is 0 Å². The van der Waals surface area contributed by atoms with Gasteiger partial charge in [0, 0.05) is 63.5 Å². The third-order valence-corrected chi connectivity index (χ3v) is 5.96. The van der Waals surface area contributed by atoms with Crippen molar-refractivity contribution in [3.63, 3.8) is 0 Å². The molecule has 2 atom stereocenters. The molecule has 3 fully saturated rings. The van der Waals surface area contributed by atoms with Gasteiger partial charge in [0.1, 0.15) is 12.1 Å². The molecule has 26 heavy (non-hydrogen) atoms. The van der Waals surface area contributed by atoms with Crippen LogP contribution < -0.4 is 10.5 Å². The van der Waals surface area contributed by atoms with Gasteiger partial charge < -0.3 is 4.90 Å². The van der Waals surface area contributed by atoms with Crippen LogP contribution in [0.5, 0.6) is 0 Å². The molecule has 3 aliphatic rings. The first-order chi connectivity index (χ1) is 12.7. The highest BCUT2D eigenvalue weighted by molar-refractivity contribution is 5.42. The van der Waals surface area contributed by atoms with Crippen LogP contribution in [0.15, 0.2) is 29.3 Å². The van der Waals surface area contributed by atoms with E-state index >= 15 is 0 Å². The number of likely N-dealkylation sites (tertiary alicyclic amines) is 1. The Kier molecular flexibility index (Phi) is 3.77. The summed E-state index contributed by atoms with van der Waals surface area (Å²) in [5, 5.41) is 4.36. The van der Waals surface area contributed by atoms with Crippen molar-refractivity contribution in [3.8, 4) is 0 Å². The lowest BCUT2D eigenvalue weighted by atomic mass is 10.0. The second-order valence-corrected chi connectivity index (χ2v) is 7.98. The zero-order chi connectivity index (χ0) is 17.7. The quantitative estimate of drug-likeness (QED) is 0.818. The second kappa shape index (κ2) is 6.16. The third-order valence-electron chi connectivity index (χ3n) is 5.96. The second-order valence-electron chi connectivity index (χ2n) is 7.98. The van der Waals surface area contributed by atoms with Gasteiger partial charge in [0.05, 0.1) is 5.69 Å². The van der Waals surface area contributed by atoms with Gasteiger partial charge in [0.25, 0.3) is 5.56 Å². The summed E-state index contributed by atoms with van der Waals surface area (Å²) in [6, 6.07) is 5.65. The number of nitrogens with zero attached hydrogens (tertiary/aromatic N) is 6. The van der Waals surface area contributed by atoms with Crippen molar-refractivity contribution in [2.24, 2.45) is 18.9 Å². The van der Waals surface area contributed by atoms with Crippen LogP contribution in [0.4, 0.5) is 5.82 Å². The minimum atomic E-state index is -0.0573. The molecule has 1 aliphatic carbocycles. The number of hydrogen-bond donors (Lipinski definition) is 0. The Labute approximate surface area is 152 Å². The van der Waals surface area contributed by atoms with Gasteiger partial charge in [-0.25, -0.2) is 14.6 Å². The Morgan fingerprint density at radius 3 is 2.54 bits per heavy atom. The average molecular weight is 352 g/mol. The van der Waals surface area contributed by atoms with Gasteiger partial charge in [0.15, 0.2) is 0 Å². The minimum Gasteiger partial charge on any atom is -0.356 e. The Morgan fingerprint density at radius 1 is 1.08 bits per heavy atom. The predicted octanol–water partition coefficient (Wildman–Crippen LogP) is 1.02. The molecule has 0 N–H and O–H groups in total. The molecular formula is C19H24N6O. The number of hydrogen-bond acceptors (Lipinski definition) is 6. The lowest BCUT2D eigenvalue weighted by Crippen LogP contribution is -2.30. The third kappa shape index (κ3) is 3.00. The summed E-state index contributed by atoms with van der Waals surface area (Å²) in [6.07, 6.45) is 4.28. The SMILES string of the molecule is Cn1nc(CN2CC3CN(c4cc(C5CC5)ncn4)CC3C2)ccc1=O. The largest absolute Gasteiger partial charge is 0.356 e. The molecule has 0 spiro atoms. The number of anilines is 1. The number of rotatable bonds is 4. The van der Waals surface area contributed by atoms with Crippen LogP contribution in [-0.4, -0.2) is 50.8 Å². The first-order valence-electron chi connectivity index (χ1n) is 9.48. The maximum absolute atomic E-state index is 11.5. The Morgan fingerprint density at radius 2 is 1.85 bits per heavy atom. The molecular weight excluding hydrogens is 328 g/mol. The van der Waals surface area contributed by atoms with Crippen molar-refractivity contribution in [2.45, 2.75) is 25.3 Å². The van der Waals surface area contributed by atoms with Gasteiger partial charge in [0.2, 0.25) is 0 Å². The number of fused-ring (bicyclic) bond motifs is 1. The molecule has 2 aromatic rings. The van der Waals surface area contributed by atoms with Crippen molar-refractivity contribution >= 4 is 5.82 Å². The number of aryl methyl sites for hydroxylation is 1.